The summed E-state index contributed by atoms with van der Waals surface area (Å²) in [6.45, 7) is 0.476. The van der Waals surface area contributed by atoms with E-state index >= 15 is 0 Å². The molecule has 1 aliphatic rings. The number of hydrogen-bond acceptors (Lipinski definition) is 4. The molecule has 1 aromatic carbocycles. The molecule has 28 heavy (non-hydrogen) atoms. The van der Waals surface area contributed by atoms with Gasteiger partial charge in [-0.25, -0.2) is 0 Å². The number of carboxylic acid groups (broad SMARTS) is 1. The zero-order valence-electron chi connectivity index (χ0n) is 15.5. The van der Waals surface area contributed by atoms with Crippen LogP contribution in [0.3, 0.4) is 0 Å². The molecule has 0 bridgehead atoms. The quantitative estimate of drug-likeness (QED) is 0.664. The van der Waals surface area contributed by atoms with E-state index in [-0.39, 0.29) is 5.92 Å². The summed E-state index contributed by atoms with van der Waals surface area (Å²) >= 11 is 0. The van der Waals surface area contributed by atoms with Crippen LogP contribution in [0.2, 0.25) is 0 Å². The molecule has 0 radical (unpaired) electrons. The van der Waals surface area contributed by atoms with E-state index in [1.807, 2.05) is 18.2 Å². The monoisotopic (exact) mass is 377 g/mol. The first-order chi connectivity index (χ1) is 13.7. The lowest BCUT2D eigenvalue weighted by Crippen LogP contribution is -2.20. The molecule has 0 amide bonds. The van der Waals surface area contributed by atoms with Crippen molar-refractivity contribution in [2.45, 2.75) is 38.2 Å². The number of nitrogens with one attached hydrogen (secondary N) is 1. The van der Waals surface area contributed by atoms with Gasteiger partial charge in [-0.3, -0.25) is 14.9 Å². The van der Waals surface area contributed by atoms with E-state index < -0.39 is 5.97 Å². The fourth-order valence-electron chi connectivity index (χ4n) is 3.80. The van der Waals surface area contributed by atoms with E-state index in [0.29, 0.717) is 12.5 Å². The van der Waals surface area contributed by atoms with Crippen molar-refractivity contribution in [3.63, 3.8) is 0 Å². The van der Waals surface area contributed by atoms with Gasteiger partial charge in [-0.1, -0.05) is 24.3 Å². The Morgan fingerprint density at radius 2 is 2.00 bits per heavy atom. The molecule has 1 saturated carbocycles. The molecule has 6 nitrogen and oxygen atoms in total. The van der Waals surface area contributed by atoms with Crippen molar-refractivity contribution >= 4 is 5.97 Å². The van der Waals surface area contributed by atoms with Gasteiger partial charge in [0.2, 0.25) is 0 Å². The van der Waals surface area contributed by atoms with Gasteiger partial charge in [-0.15, -0.1) is 0 Å². The SMILES string of the molecule is O=C(O)[C@H]1CC[C@@H](c2cccc(COc3ccc(-c4ccn[nH]4)nc3)c2)CC1. The number of hydrogen-bond donors (Lipinski definition) is 2. The first-order valence-electron chi connectivity index (χ1n) is 9.59. The predicted molar refractivity (Wildman–Crippen MR) is 105 cm³/mol. The van der Waals surface area contributed by atoms with E-state index in [1.165, 1.54) is 5.56 Å². The van der Waals surface area contributed by atoms with Crippen LogP contribution in [0.5, 0.6) is 5.75 Å². The van der Waals surface area contributed by atoms with E-state index in [1.54, 1.807) is 12.4 Å². The zero-order valence-corrected chi connectivity index (χ0v) is 15.5. The Morgan fingerprint density at radius 3 is 2.68 bits per heavy atom. The van der Waals surface area contributed by atoms with Crippen molar-refractivity contribution in [2.24, 2.45) is 5.92 Å². The fraction of sp³-hybridized carbons (Fsp3) is 0.318. The Hall–Kier alpha value is -3.15. The second kappa shape index (κ2) is 8.25. The number of aliphatic carboxylic acids is 1. The summed E-state index contributed by atoms with van der Waals surface area (Å²) in [5.74, 6) is 0.314. The third-order valence-electron chi connectivity index (χ3n) is 5.42. The molecule has 0 aliphatic heterocycles. The summed E-state index contributed by atoms with van der Waals surface area (Å²) < 4.78 is 5.89. The van der Waals surface area contributed by atoms with Crippen LogP contribution in [-0.2, 0) is 11.4 Å². The van der Waals surface area contributed by atoms with Crippen molar-refractivity contribution in [3.05, 3.63) is 66.0 Å². The highest BCUT2D eigenvalue weighted by Crippen LogP contribution is 2.36. The number of H-pyrrole nitrogens is 1. The van der Waals surface area contributed by atoms with Crippen LogP contribution in [0.1, 0.15) is 42.7 Å². The van der Waals surface area contributed by atoms with Gasteiger partial charge < -0.3 is 9.84 Å². The summed E-state index contributed by atoms with van der Waals surface area (Å²) in [6.07, 6.45) is 6.79. The molecule has 1 aliphatic carbocycles. The number of aromatic amines is 1. The molecule has 4 rings (SSSR count). The number of pyridine rings is 1. The van der Waals surface area contributed by atoms with Crippen LogP contribution in [0, 0.1) is 5.92 Å². The lowest BCUT2D eigenvalue weighted by molar-refractivity contribution is -0.142. The fourth-order valence-corrected chi connectivity index (χ4v) is 3.80. The highest BCUT2D eigenvalue weighted by Gasteiger charge is 2.26. The van der Waals surface area contributed by atoms with Crippen molar-refractivity contribution in [1.82, 2.24) is 15.2 Å². The van der Waals surface area contributed by atoms with E-state index in [2.05, 4.69) is 39.4 Å². The Bertz CT molecular complexity index is 914. The van der Waals surface area contributed by atoms with Gasteiger partial charge in [0.15, 0.2) is 0 Å². The number of carbonyl (C=O) groups is 1. The van der Waals surface area contributed by atoms with Gasteiger partial charge >= 0.3 is 5.97 Å². The van der Waals surface area contributed by atoms with Crippen LogP contribution in [0.25, 0.3) is 11.4 Å². The van der Waals surface area contributed by atoms with Gasteiger partial charge in [0.1, 0.15) is 12.4 Å². The average Bonchev–Trinajstić information content (AvgIpc) is 3.28. The van der Waals surface area contributed by atoms with Crippen molar-refractivity contribution in [1.29, 1.82) is 0 Å². The maximum absolute atomic E-state index is 11.1. The average molecular weight is 377 g/mol. The normalized spacial score (nSPS) is 19.3. The maximum atomic E-state index is 11.1. The molecular formula is C22H23N3O3. The second-order valence-electron chi connectivity index (χ2n) is 7.27. The molecule has 0 spiro atoms. The summed E-state index contributed by atoms with van der Waals surface area (Å²) in [5.41, 5.74) is 4.08. The van der Waals surface area contributed by atoms with Crippen LogP contribution >= 0.6 is 0 Å². The minimum Gasteiger partial charge on any atom is -0.487 e. The number of aromatic nitrogens is 3. The smallest absolute Gasteiger partial charge is 0.306 e. The van der Waals surface area contributed by atoms with Gasteiger partial charge in [0.25, 0.3) is 0 Å². The lowest BCUT2D eigenvalue weighted by Gasteiger charge is -2.26. The van der Waals surface area contributed by atoms with Gasteiger partial charge in [-0.2, -0.15) is 5.10 Å². The van der Waals surface area contributed by atoms with Crippen LogP contribution in [0.15, 0.2) is 54.9 Å². The second-order valence-corrected chi connectivity index (χ2v) is 7.27. The van der Waals surface area contributed by atoms with Gasteiger partial charge in [-0.05, 0) is 60.9 Å². The van der Waals surface area contributed by atoms with Crippen LogP contribution in [-0.4, -0.2) is 26.3 Å². The van der Waals surface area contributed by atoms with Crippen molar-refractivity contribution in [2.75, 3.05) is 0 Å². The first kappa shape index (κ1) is 18.2. The minimum atomic E-state index is -0.659. The highest BCUT2D eigenvalue weighted by atomic mass is 16.5. The molecule has 1 fully saturated rings. The molecule has 6 heteroatoms. The van der Waals surface area contributed by atoms with E-state index in [0.717, 1.165) is 48.4 Å². The number of nitrogens with zero attached hydrogens (tertiary/aromatic N) is 2. The molecule has 3 aromatic rings. The van der Waals surface area contributed by atoms with Crippen molar-refractivity contribution in [3.8, 4) is 17.1 Å². The molecule has 0 atom stereocenters. The third kappa shape index (κ3) is 4.22. The zero-order chi connectivity index (χ0) is 19.3. The van der Waals surface area contributed by atoms with Gasteiger partial charge in [0, 0.05) is 6.20 Å². The first-order valence-corrected chi connectivity index (χ1v) is 9.59. The summed E-state index contributed by atoms with van der Waals surface area (Å²) in [6, 6.07) is 14.1. The van der Waals surface area contributed by atoms with Crippen molar-refractivity contribution < 1.29 is 14.6 Å². The molecular weight excluding hydrogens is 354 g/mol. The summed E-state index contributed by atoms with van der Waals surface area (Å²) in [5, 5.41) is 16.0. The molecule has 2 aromatic heterocycles. The van der Waals surface area contributed by atoms with E-state index in [4.69, 9.17) is 9.84 Å². The lowest BCUT2D eigenvalue weighted by atomic mass is 9.78. The highest BCUT2D eigenvalue weighted by molar-refractivity contribution is 5.70. The predicted octanol–water partition coefficient (Wildman–Crippen LogP) is 4.41. The number of benzene rings is 1. The van der Waals surface area contributed by atoms with Gasteiger partial charge in [0.05, 0.1) is 23.5 Å². The maximum Gasteiger partial charge on any atom is 0.306 e. The number of rotatable bonds is 6. The molecule has 0 unspecified atom stereocenters. The third-order valence-corrected chi connectivity index (χ3v) is 5.42. The number of carboxylic acids is 1. The Morgan fingerprint density at radius 1 is 1.14 bits per heavy atom. The molecule has 0 saturated heterocycles. The summed E-state index contributed by atoms with van der Waals surface area (Å²) in [7, 11) is 0. The molecule has 144 valence electrons. The van der Waals surface area contributed by atoms with E-state index in [9.17, 15) is 4.79 Å². The van der Waals surface area contributed by atoms with Crippen LogP contribution in [0.4, 0.5) is 0 Å². The standard InChI is InChI=1S/C22H23N3O3/c26-22(27)17-6-4-16(5-7-17)18-3-1-2-15(12-18)14-28-19-8-9-20(23-13-19)21-10-11-24-25-21/h1-3,8-13,16-17H,4-7,14H2,(H,24,25)(H,26,27)/t16-,17+. The molecule has 2 N–H and O–H groups in total. The minimum absolute atomic E-state index is 0.181. The topological polar surface area (TPSA) is 88.1 Å². The Labute approximate surface area is 163 Å². The Balaban J connectivity index is 1.35. The van der Waals surface area contributed by atoms with Crippen LogP contribution < -0.4 is 4.74 Å². The summed E-state index contributed by atoms with van der Waals surface area (Å²) in [4.78, 5) is 15.5. The Kier molecular flexibility index (Phi) is 5.37. The number of ether oxygens (including phenoxy) is 1. The largest absolute Gasteiger partial charge is 0.487 e. The molecule has 2 heterocycles.